The van der Waals surface area contributed by atoms with Crippen LogP contribution in [0.4, 0.5) is 0 Å². The molecule has 1 saturated heterocycles. The first-order valence-electron chi connectivity index (χ1n) is 6.86. The van der Waals surface area contributed by atoms with Gasteiger partial charge in [-0.3, -0.25) is 9.69 Å². The van der Waals surface area contributed by atoms with Gasteiger partial charge in [0, 0.05) is 32.2 Å². The van der Waals surface area contributed by atoms with Gasteiger partial charge in [-0.1, -0.05) is 18.2 Å². The number of para-hydroxylation sites is 1. The van der Waals surface area contributed by atoms with Crippen molar-refractivity contribution in [3.63, 3.8) is 0 Å². The Morgan fingerprint density at radius 1 is 1.35 bits per heavy atom. The molecular formula is C15H22N2O3. The van der Waals surface area contributed by atoms with Gasteiger partial charge in [0.05, 0.1) is 26.9 Å². The second-order valence-electron chi connectivity index (χ2n) is 4.95. The third kappa shape index (κ3) is 3.95. The molecule has 0 saturated carbocycles. The van der Waals surface area contributed by atoms with E-state index in [9.17, 15) is 4.79 Å². The zero-order chi connectivity index (χ0) is 14.4. The molecule has 110 valence electrons. The predicted octanol–water partition coefficient (Wildman–Crippen LogP) is 0.986. The average Bonchev–Trinajstić information content (AvgIpc) is 2.48. The van der Waals surface area contributed by atoms with Crippen molar-refractivity contribution in [2.45, 2.75) is 6.54 Å². The van der Waals surface area contributed by atoms with Crippen molar-refractivity contribution in [1.29, 1.82) is 0 Å². The summed E-state index contributed by atoms with van der Waals surface area (Å²) in [6.07, 6.45) is 0. The highest BCUT2D eigenvalue weighted by Crippen LogP contribution is 2.18. The molecule has 0 radical (unpaired) electrons. The van der Waals surface area contributed by atoms with Crippen molar-refractivity contribution in [2.75, 3.05) is 47.0 Å². The molecule has 1 fully saturated rings. The number of hydrogen-bond acceptors (Lipinski definition) is 4. The molecule has 5 heteroatoms. The Balaban J connectivity index is 1.89. The summed E-state index contributed by atoms with van der Waals surface area (Å²) in [5.41, 5.74) is 1.02. The van der Waals surface area contributed by atoms with Crippen molar-refractivity contribution in [2.24, 2.45) is 0 Å². The van der Waals surface area contributed by atoms with E-state index in [1.165, 1.54) is 0 Å². The summed E-state index contributed by atoms with van der Waals surface area (Å²) in [5.74, 6) is 0.941. The topological polar surface area (TPSA) is 42.0 Å². The molecule has 1 aromatic carbocycles. The molecular weight excluding hydrogens is 256 g/mol. The Labute approximate surface area is 120 Å². The summed E-state index contributed by atoms with van der Waals surface area (Å²) in [4.78, 5) is 16.1. The molecule has 5 nitrogen and oxygen atoms in total. The Morgan fingerprint density at radius 3 is 2.75 bits per heavy atom. The fraction of sp³-hybridized carbons (Fsp3) is 0.533. The van der Waals surface area contributed by atoms with Crippen molar-refractivity contribution < 1.29 is 14.3 Å². The van der Waals surface area contributed by atoms with Crippen LogP contribution in [0.25, 0.3) is 0 Å². The first-order chi connectivity index (χ1) is 9.70. The summed E-state index contributed by atoms with van der Waals surface area (Å²) in [6.45, 7) is 4.09. The van der Waals surface area contributed by atoms with E-state index >= 15 is 0 Å². The Kier molecular flexibility index (Phi) is 5.38. The lowest BCUT2D eigenvalue weighted by atomic mass is 10.2. The monoisotopic (exact) mass is 278 g/mol. The molecule has 20 heavy (non-hydrogen) atoms. The number of benzene rings is 1. The van der Waals surface area contributed by atoms with E-state index in [1.54, 1.807) is 12.0 Å². The van der Waals surface area contributed by atoms with Crippen LogP contribution in [0.2, 0.25) is 0 Å². The molecule has 0 unspecified atom stereocenters. The highest BCUT2D eigenvalue weighted by molar-refractivity contribution is 5.78. The maximum Gasteiger partial charge on any atom is 0.236 e. The van der Waals surface area contributed by atoms with Gasteiger partial charge >= 0.3 is 0 Å². The minimum Gasteiger partial charge on any atom is -0.496 e. The van der Waals surface area contributed by atoms with E-state index in [-0.39, 0.29) is 5.91 Å². The fourth-order valence-electron chi connectivity index (χ4n) is 2.25. The molecule has 1 aliphatic rings. The van der Waals surface area contributed by atoms with E-state index in [2.05, 4.69) is 4.90 Å². The van der Waals surface area contributed by atoms with E-state index < -0.39 is 0 Å². The lowest BCUT2D eigenvalue weighted by Gasteiger charge is -2.28. The van der Waals surface area contributed by atoms with Crippen LogP contribution < -0.4 is 4.74 Å². The number of nitrogens with zero attached hydrogens (tertiary/aromatic N) is 2. The number of rotatable bonds is 5. The zero-order valence-electron chi connectivity index (χ0n) is 12.2. The van der Waals surface area contributed by atoms with E-state index in [1.807, 2.05) is 31.3 Å². The van der Waals surface area contributed by atoms with Crippen LogP contribution in [-0.2, 0) is 16.1 Å². The van der Waals surface area contributed by atoms with E-state index in [0.717, 1.165) is 24.4 Å². The van der Waals surface area contributed by atoms with Gasteiger partial charge in [-0.2, -0.15) is 0 Å². The van der Waals surface area contributed by atoms with Crippen LogP contribution in [0.3, 0.4) is 0 Å². The lowest BCUT2D eigenvalue weighted by Crippen LogP contribution is -2.43. The third-order valence-electron chi connectivity index (χ3n) is 3.49. The molecule has 0 aliphatic carbocycles. The van der Waals surface area contributed by atoms with Crippen LogP contribution >= 0.6 is 0 Å². The van der Waals surface area contributed by atoms with Gasteiger partial charge in [-0.15, -0.1) is 0 Å². The Hall–Kier alpha value is -1.59. The van der Waals surface area contributed by atoms with Gasteiger partial charge in [-0.25, -0.2) is 0 Å². The fourth-order valence-corrected chi connectivity index (χ4v) is 2.25. The molecule has 2 rings (SSSR count). The molecule has 1 aliphatic heterocycles. The minimum absolute atomic E-state index is 0.123. The predicted molar refractivity (Wildman–Crippen MR) is 76.7 cm³/mol. The summed E-state index contributed by atoms with van der Waals surface area (Å²) >= 11 is 0. The van der Waals surface area contributed by atoms with Crippen molar-refractivity contribution in [1.82, 2.24) is 9.80 Å². The first kappa shape index (κ1) is 14.8. The van der Waals surface area contributed by atoms with Gasteiger partial charge < -0.3 is 14.4 Å². The maximum atomic E-state index is 12.2. The van der Waals surface area contributed by atoms with Crippen molar-refractivity contribution in [3.05, 3.63) is 29.8 Å². The summed E-state index contributed by atoms with van der Waals surface area (Å²) in [7, 11) is 3.48. The van der Waals surface area contributed by atoms with Gasteiger partial charge in [0.1, 0.15) is 5.75 Å². The summed E-state index contributed by atoms with van der Waals surface area (Å²) < 4.78 is 10.6. The molecule has 0 atom stereocenters. The molecule has 0 spiro atoms. The maximum absolute atomic E-state index is 12.2. The van der Waals surface area contributed by atoms with Gasteiger partial charge in [-0.05, 0) is 6.07 Å². The zero-order valence-corrected chi connectivity index (χ0v) is 12.2. The largest absolute Gasteiger partial charge is 0.496 e. The van der Waals surface area contributed by atoms with Crippen molar-refractivity contribution in [3.8, 4) is 5.75 Å². The Bertz CT molecular complexity index is 444. The number of likely N-dealkylation sites (N-methyl/N-ethyl adjacent to an activating group) is 1. The first-order valence-corrected chi connectivity index (χ1v) is 6.86. The summed E-state index contributed by atoms with van der Waals surface area (Å²) in [5, 5.41) is 0. The number of methoxy groups -OCH3 is 1. The van der Waals surface area contributed by atoms with Crippen molar-refractivity contribution >= 4 is 5.91 Å². The number of ether oxygens (including phenoxy) is 2. The van der Waals surface area contributed by atoms with Gasteiger partial charge in [0.15, 0.2) is 0 Å². The second-order valence-corrected chi connectivity index (χ2v) is 4.95. The molecule has 1 heterocycles. The minimum atomic E-state index is 0.123. The quantitative estimate of drug-likeness (QED) is 0.805. The van der Waals surface area contributed by atoms with Crippen LogP contribution in [0, 0.1) is 0 Å². The standard InChI is InChI=1S/C15H22N2O3/c1-16(11-13-5-3-4-6-14(13)19-2)15(18)12-17-7-9-20-10-8-17/h3-6H,7-12H2,1-2H3. The van der Waals surface area contributed by atoms with E-state index in [0.29, 0.717) is 26.3 Å². The van der Waals surface area contributed by atoms with Gasteiger partial charge in [0.2, 0.25) is 5.91 Å². The molecule has 0 bridgehead atoms. The highest BCUT2D eigenvalue weighted by Gasteiger charge is 2.17. The molecule has 0 aromatic heterocycles. The van der Waals surface area contributed by atoms with Crippen LogP contribution in [0.5, 0.6) is 5.75 Å². The Morgan fingerprint density at radius 2 is 2.05 bits per heavy atom. The number of morpholine rings is 1. The molecule has 1 aromatic rings. The average molecular weight is 278 g/mol. The third-order valence-corrected chi connectivity index (χ3v) is 3.49. The van der Waals surface area contributed by atoms with Gasteiger partial charge in [0.25, 0.3) is 0 Å². The van der Waals surface area contributed by atoms with Crippen LogP contribution in [-0.4, -0.2) is 62.7 Å². The van der Waals surface area contributed by atoms with Crippen LogP contribution in [0.1, 0.15) is 5.56 Å². The number of carbonyl (C=O) groups is 1. The van der Waals surface area contributed by atoms with Crippen LogP contribution in [0.15, 0.2) is 24.3 Å². The summed E-state index contributed by atoms with van der Waals surface area (Å²) in [6, 6.07) is 7.78. The second kappa shape index (κ2) is 7.26. The lowest BCUT2D eigenvalue weighted by molar-refractivity contribution is -0.132. The number of hydrogen-bond donors (Lipinski definition) is 0. The molecule has 0 N–H and O–H groups in total. The molecule has 1 amide bonds. The number of amides is 1. The SMILES string of the molecule is COc1ccccc1CN(C)C(=O)CN1CCOCC1. The normalized spacial score (nSPS) is 15.9. The van der Waals surface area contributed by atoms with E-state index in [4.69, 9.17) is 9.47 Å². The highest BCUT2D eigenvalue weighted by atomic mass is 16.5. The smallest absolute Gasteiger partial charge is 0.236 e. The number of carbonyl (C=O) groups excluding carboxylic acids is 1.